The summed E-state index contributed by atoms with van der Waals surface area (Å²) in [6.45, 7) is 8.77. The van der Waals surface area contributed by atoms with E-state index >= 15 is 4.79 Å². The third-order valence-electron chi connectivity index (χ3n) is 15.3. The van der Waals surface area contributed by atoms with Crippen molar-refractivity contribution in [2.75, 3.05) is 37.6 Å². The molecule has 6 heteroatoms. The van der Waals surface area contributed by atoms with Gasteiger partial charge in [0.05, 0.1) is 11.7 Å². The number of nitrogens with zero attached hydrogens (tertiary/aromatic N) is 2. The topological polar surface area (TPSA) is 64.0 Å². The maximum absolute atomic E-state index is 15.4. The number of ketones is 1. The van der Waals surface area contributed by atoms with Crippen LogP contribution in [0.2, 0.25) is 0 Å². The predicted molar refractivity (Wildman–Crippen MR) is 200 cm³/mol. The number of fused-ring (bicyclic) bond motifs is 1. The lowest BCUT2D eigenvalue weighted by atomic mass is 9.32. The van der Waals surface area contributed by atoms with Gasteiger partial charge in [-0.1, -0.05) is 86.7 Å². The minimum atomic E-state index is -0.880. The molecule has 1 unspecified atom stereocenters. The van der Waals surface area contributed by atoms with Crippen molar-refractivity contribution in [1.29, 1.82) is 0 Å². The number of benzene rings is 3. The second-order valence-corrected chi connectivity index (χ2v) is 17.3. The number of aliphatic hydroxyl groups is 2. The molecule has 51 heavy (non-hydrogen) atoms. The highest BCUT2D eigenvalue weighted by Gasteiger charge is 2.74. The van der Waals surface area contributed by atoms with Crippen LogP contribution in [0.5, 0.6) is 0 Å². The SMILES string of the molecule is C[C@]12CC[C@H]3[C@]4(C=C[C@@]5(C=C4C(=O)c4ccccc4-c4ccccc4)CC(O)CC[C@]35C)[C@@H]1CC[C@@]2(O)CN1CCN(c2ccc(F)cc2)CC1. The van der Waals surface area contributed by atoms with Gasteiger partial charge in [-0.3, -0.25) is 9.69 Å². The molecule has 2 spiro atoms. The fourth-order valence-electron chi connectivity index (χ4n) is 12.5. The summed E-state index contributed by atoms with van der Waals surface area (Å²) in [5.41, 5.74) is 2.49. The van der Waals surface area contributed by atoms with Gasteiger partial charge in [-0.05, 0) is 97.6 Å². The van der Waals surface area contributed by atoms with Crippen molar-refractivity contribution in [1.82, 2.24) is 4.90 Å². The summed E-state index contributed by atoms with van der Waals surface area (Å²) in [5.74, 6) is 0.257. The maximum Gasteiger partial charge on any atom is 0.190 e. The van der Waals surface area contributed by atoms with Gasteiger partial charge in [0.15, 0.2) is 5.78 Å². The summed E-state index contributed by atoms with van der Waals surface area (Å²) < 4.78 is 13.6. The quantitative estimate of drug-likeness (QED) is 0.203. The largest absolute Gasteiger partial charge is 0.393 e. The number of anilines is 1. The molecule has 1 saturated heterocycles. The number of hydrogen-bond acceptors (Lipinski definition) is 5. The molecule has 3 aromatic carbocycles. The standard InChI is InChI=1S/C45H51FN2O3/c1-41-19-16-34(49)28-43(41)22-23-45(37(29-43)40(50)36-11-7-6-10-35(36)31-8-4-3-5-9-31)38(41)17-20-42(2)39(45)18-21-44(42,51)30-47-24-26-48(27-25-47)33-14-12-32(46)13-15-33/h3-15,22-23,29,34,38-39,49,51H,16-21,24-28,30H2,1-2H3/t34?,38-,39-,41-,42+,43+,44-,45-/m1/s1. The molecule has 6 aliphatic carbocycles. The zero-order valence-corrected chi connectivity index (χ0v) is 30.0. The Morgan fingerprint density at radius 2 is 1.47 bits per heavy atom. The zero-order chi connectivity index (χ0) is 35.2. The van der Waals surface area contributed by atoms with Crippen LogP contribution in [0.1, 0.15) is 69.2 Å². The number of piperazine rings is 1. The van der Waals surface area contributed by atoms with E-state index in [9.17, 15) is 14.6 Å². The number of β-amino-alcohol motifs (C(OH)–C–C–N with tert-alkyl or cyclic N) is 1. The lowest BCUT2D eigenvalue weighted by Crippen LogP contribution is -2.67. The van der Waals surface area contributed by atoms with Crippen LogP contribution in [0.3, 0.4) is 0 Å². The molecule has 1 heterocycles. The Kier molecular flexibility index (Phi) is 7.64. The second kappa shape index (κ2) is 11.7. The van der Waals surface area contributed by atoms with Crippen molar-refractivity contribution in [2.45, 2.75) is 70.5 Å². The molecular weight excluding hydrogens is 636 g/mol. The van der Waals surface area contributed by atoms with Crippen LogP contribution in [0.15, 0.2) is 103 Å². The third-order valence-corrected chi connectivity index (χ3v) is 15.3. The third kappa shape index (κ3) is 4.71. The first-order valence-electron chi connectivity index (χ1n) is 19.3. The lowest BCUT2D eigenvalue weighted by molar-refractivity contribution is -0.176. The van der Waals surface area contributed by atoms with Crippen molar-refractivity contribution in [3.63, 3.8) is 0 Å². The number of carbonyl (C=O) groups excluding carboxylic acids is 1. The monoisotopic (exact) mass is 686 g/mol. The first kappa shape index (κ1) is 33.3. The van der Waals surface area contributed by atoms with E-state index in [2.05, 4.69) is 60.1 Å². The summed E-state index contributed by atoms with van der Waals surface area (Å²) in [6.07, 6.45) is 12.6. The number of carbonyl (C=O) groups is 1. The van der Waals surface area contributed by atoms with Gasteiger partial charge in [0.2, 0.25) is 0 Å². The van der Waals surface area contributed by atoms with Crippen molar-refractivity contribution >= 4 is 11.5 Å². The Morgan fingerprint density at radius 3 is 2.24 bits per heavy atom. The molecule has 0 aromatic heterocycles. The highest BCUT2D eigenvalue weighted by atomic mass is 19.1. The van der Waals surface area contributed by atoms with Gasteiger partial charge < -0.3 is 15.1 Å². The van der Waals surface area contributed by atoms with Crippen molar-refractivity contribution in [2.24, 2.45) is 33.5 Å². The molecule has 266 valence electrons. The van der Waals surface area contributed by atoms with E-state index in [1.54, 1.807) is 0 Å². The molecule has 2 N–H and O–H groups in total. The minimum absolute atomic E-state index is 0.0670. The fraction of sp³-hybridized carbons (Fsp3) is 0.489. The van der Waals surface area contributed by atoms with Gasteiger partial charge in [0, 0.05) is 65.8 Å². The number of halogens is 1. The summed E-state index contributed by atoms with van der Waals surface area (Å²) in [6, 6.07) is 25.0. The van der Waals surface area contributed by atoms with Crippen LogP contribution in [0.4, 0.5) is 10.1 Å². The van der Waals surface area contributed by atoms with E-state index in [-0.39, 0.29) is 45.8 Å². The van der Waals surface area contributed by atoms with E-state index in [1.165, 1.54) is 12.1 Å². The normalized spacial score (nSPS) is 38.5. The molecular formula is C45H51FN2O3. The first-order chi connectivity index (χ1) is 24.5. The average Bonchev–Trinajstić information content (AvgIpc) is 3.42. The Morgan fingerprint density at radius 1 is 0.804 bits per heavy atom. The molecule has 3 saturated carbocycles. The van der Waals surface area contributed by atoms with Gasteiger partial charge in [-0.2, -0.15) is 0 Å². The van der Waals surface area contributed by atoms with Crippen LogP contribution in [-0.2, 0) is 0 Å². The summed E-state index contributed by atoms with van der Waals surface area (Å²) in [4.78, 5) is 20.1. The van der Waals surface area contributed by atoms with Crippen molar-refractivity contribution in [3.05, 3.63) is 114 Å². The Balaban J connectivity index is 1.08. The number of rotatable bonds is 6. The molecule has 7 aliphatic rings. The van der Waals surface area contributed by atoms with E-state index < -0.39 is 11.0 Å². The molecule has 0 radical (unpaired) electrons. The van der Waals surface area contributed by atoms with E-state index in [0.29, 0.717) is 13.0 Å². The summed E-state index contributed by atoms with van der Waals surface area (Å²) >= 11 is 0. The molecule has 1 aliphatic heterocycles. The second-order valence-electron chi connectivity index (χ2n) is 17.3. The van der Waals surface area contributed by atoms with E-state index in [0.717, 1.165) is 92.7 Å². The number of Topliss-reactive ketones (excluding diaryl/α,β-unsaturated/α-hetero) is 1. The predicted octanol–water partition coefficient (Wildman–Crippen LogP) is 8.09. The van der Waals surface area contributed by atoms with E-state index in [1.807, 2.05) is 48.5 Å². The lowest BCUT2D eigenvalue weighted by Gasteiger charge is -2.71. The number of hydrogen-bond donors (Lipinski definition) is 2. The number of aliphatic hydroxyl groups excluding tert-OH is 1. The van der Waals surface area contributed by atoms with Crippen LogP contribution in [-0.4, -0.2) is 65.3 Å². The molecule has 2 bridgehead atoms. The zero-order valence-electron chi connectivity index (χ0n) is 30.0. The Labute approximate surface area is 301 Å². The summed E-state index contributed by atoms with van der Waals surface area (Å²) in [5, 5.41) is 24.0. The Hall–Kier alpha value is -3.58. The van der Waals surface area contributed by atoms with Gasteiger partial charge in [0.1, 0.15) is 5.82 Å². The van der Waals surface area contributed by atoms with Crippen LogP contribution < -0.4 is 4.90 Å². The minimum Gasteiger partial charge on any atom is -0.393 e. The van der Waals surface area contributed by atoms with Crippen molar-refractivity contribution in [3.8, 4) is 11.1 Å². The summed E-state index contributed by atoms with van der Waals surface area (Å²) in [7, 11) is 0. The maximum atomic E-state index is 15.4. The van der Waals surface area contributed by atoms with Gasteiger partial charge in [-0.15, -0.1) is 0 Å². The fourth-order valence-corrected chi connectivity index (χ4v) is 12.5. The van der Waals surface area contributed by atoms with Crippen LogP contribution >= 0.6 is 0 Å². The molecule has 4 fully saturated rings. The van der Waals surface area contributed by atoms with E-state index in [4.69, 9.17) is 0 Å². The first-order valence-corrected chi connectivity index (χ1v) is 19.3. The van der Waals surface area contributed by atoms with Gasteiger partial charge >= 0.3 is 0 Å². The molecule has 3 aromatic rings. The number of allylic oxidation sites excluding steroid dienone is 4. The molecule has 8 atom stereocenters. The highest BCUT2D eigenvalue weighted by Crippen LogP contribution is 2.78. The van der Waals surface area contributed by atoms with Crippen LogP contribution in [0, 0.1) is 39.3 Å². The van der Waals surface area contributed by atoms with Gasteiger partial charge in [-0.25, -0.2) is 4.39 Å². The molecule has 0 amide bonds. The molecule has 5 nitrogen and oxygen atoms in total. The Bertz CT molecular complexity index is 1900. The smallest absolute Gasteiger partial charge is 0.190 e. The van der Waals surface area contributed by atoms with Crippen molar-refractivity contribution < 1.29 is 19.4 Å². The average molecular weight is 687 g/mol. The molecule has 10 rings (SSSR count). The van der Waals surface area contributed by atoms with Crippen LogP contribution in [0.25, 0.3) is 11.1 Å². The van der Waals surface area contributed by atoms with Gasteiger partial charge in [0.25, 0.3) is 0 Å². The highest BCUT2D eigenvalue weighted by molar-refractivity contribution is 6.14.